The van der Waals surface area contributed by atoms with Gasteiger partial charge in [-0.2, -0.15) is 13.2 Å². The Morgan fingerprint density at radius 2 is 1.89 bits per heavy atom. The molecule has 1 rings (SSSR count). The van der Waals surface area contributed by atoms with Crippen LogP contribution in [0.5, 0.6) is 0 Å². The van der Waals surface area contributed by atoms with Crippen LogP contribution in [0.25, 0.3) is 0 Å². The number of unbranched alkanes of at least 4 members (excludes halogenated alkanes) is 1. The van der Waals surface area contributed by atoms with Crippen molar-refractivity contribution in [2.75, 3.05) is 13.1 Å². The molecule has 1 atom stereocenters. The first kappa shape index (κ1) is 15.5. The lowest BCUT2D eigenvalue weighted by atomic mass is 10.1. The molecule has 5 heteroatoms. The summed E-state index contributed by atoms with van der Waals surface area (Å²) in [4.78, 5) is 0. The Morgan fingerprint density at radius 3 is 2.42 bits per heavy atom. The van der Waals surface area contributed by atoms with Gasteiger partial charge in [-0.25, -0.2) is 0 Å². The summed E-state index contributed by atoms with van der Waals surface area (Å²) >= 11 is 0. The van der Waals surface area contributed by atoms with Gasteiger partial charge in [-0.15, -0.1) is 12.3 Å². The third kappa shape index (κ3) is 5.33. The Bertz CT molecular complexity index is 420. The molecule has 0 aromatic heterocycles. The molecule has 1 aromatic rings. The second kappa shape index (κ2) is 7.17. The summed E-state index contributed by atoms with van der Waals surface area (Å²) in [6, 6.07) is 4.51. The average molecular weight is 271 g/mol. The van der Waals surface area contributed by atoms with E-state index in [0.29, 0.717) is 18.5 Å². The highest BCUT2D eigenvalue weighted by Gasteiger charge is 2.30. The quantitative estimate of drug-likeness (QED) is 0.616. The molecule has 0 bridgehead atoms. The van der Waals surface area contributed by atoms with Crippen LogP contribution in [0, 0.1) is 12.3 Å². The molecule has 2 nitrogen and oxygen atoms in total. The molecule has 1 unspecified atom stereocenters. The molecule has 0 saturated heterocycles. The number of aliphatic hydroxyl groups is 1. The SMILES string of the molecule is C#CCCCNCC(O)c1ccc(C(F)(F)F)cc1. The zero-order valence-corrected chi connectivity index (χ0v) is 10.4. The van der Waals surface area contributed by atoms with Gasteiger partial charge in [-0.1, -0.05) is 12.1 Å². The zero-order chi connectivity index (χ0) is 14.3. The maximum Gasteiger partial charge on any atom is 0.416 e. The van der Waals surface area contributed by atoms with Gasteiger partial charge in [0.15, 0.2) is 0 Å². The fourth-order valence-electron chi connectivity index (χ4n) is 1.57. The molecule has 2 N–H and O–H groups in total. The number of aliphatic hydroxyl groups excluding tert-OH is 1. The smallest absolute Gasteiger partial charge is 0.387 e. The highest BCUT2D eigenvalue weighted by molar-refractivity contribution is 5.26. The van der Waals surface area contributed by atoms with Crippen molar-refractivity contribution in [2.24, 2.45) is 0 Å². The van der Waals surface area contributed by atoms with Crippen molar-refractivity contribution in [3.8, 4) is 12.3 Å². The van der Waals surface area contributed by atoms with Crippen LogP contribution < -0.4 is 5.32 Å². The molecule has 0 saturated carbocycles. The highest BCUT2D eigenvalue weighted by Crippen LogP contribution is 2.29. The van der Waals surface area contributed by atoms with Crippen molar-refractivity contribution in [3.05, 3.63) is 35.4 Å². The van der Waals surface area contributed by atoms with E-state index in [2.05, 4.69) is 11.2 Å². The van der Waals surface area contributed by atoms with Crippen LogP contribution in [0.3, 0.4) is 0 Å². The minimum Gasteiger partial charge on any atom is -0.387 e. The van der Waals surface area contributed by atoms with E-state index in [1.807, 2.05) is 0 Å². The lowest BCUT2D eigenvalue weighted by Crippen LogP contribution is -2.22. The number of hydrogen-bond donors (Lipinski definition) is 2. The zero-order valence-electron chi connectivity index (χ0n) is 10.4. The van der Waals surface area contributed by atoms with Crippen LogP contribution in [0.4, 0.5) is 13.2 Å². The molecule has 1 aromatic carbocycles. The van der Waals surface area contributed by atoms with Gasteiger partial charge in [-0.05, 0) is 30.7 Å². The summed E-state index contributed by atoms with van der Waals surface area (Å²) in [5, 5.41) is 12.8. The molecule has 0 aliphatic rings. The van der Waals surface area contributed by atoms with E-state index in [1.54, 1.807) is 0 Å². The Kier molecular flexibility index (Phi) is 5.87. The first-order valence-corrected chi connectivity index (χ1v) is 5.94. The minimum atomic E-state index is -4.35. The van der Waals surface area contributed by atoms with Gasteiger partial charge >= 0.3 is 6.18 Å². The molecule has 0 amide bonds. The molecule has 0 fully saturated rings. The van der Waals surface area contributed by atoms with Gasteiger partial charge in [0.25, 0.3) is 0 Å². The van der Waals surface area contributed by atoms with Crippen molar-refractivity contribution < 1.29 is 18.3 Å². The van der Waals surface area contributed by atoms with Crippen molar-refractivity contribution >= 4 is 0 Å². The van der Waals surface area contributed by atoms with E-state index in [4.69, 9.17) is 6.42 Å². The van der Waals surface area contributed by atoms with Gasteiger partial charge in [0.2, 0.25) is 0 Å². The van der Waals surface area contributed by atoms with Crippen LogP contribution in [-0.2, 0) is 6.18 Å². The van der Waals surface area contributed by atoms with Gasteiger partial charge < -0.3 is 10.4 Å². The molecule has 0 aliphatic carbocycles. The highest BCUT2D eigenvalue weighted by atomic mass is 19.4. The van der Waals surface area contributed by atoms with E-state index >= 15 is 0 Å². The monoisotopic (exact) mass is 271 g/mol. The summed E-state index contributed by atoms with van der Waals surface area (Å²) in [5.41, 5.74) is -0.261. The van der Waals surface area contributed by atoms with Crippen LogP contribution in [0.2, 0.25) is 0 Å². The predicted octanol–water partition coefficient (Wildman–Crippen LogP) is 2.74. The third-order valence-corrected chi connectivity index (χ3v) is 2.64. The number of alkyl halides is 3. The second-order valence-corrected chi connectivity index (χ2v) is 4.15. The number of benzene rings is 1. The van der Waals surface area contributed by atoms with Crippen LogP contribution in [-0.4, -0.2) is 18.2 Å². The maximum absolute atomic E-state index is 12.4. The van der Waals surface area contributed by atoms with Gasteiger partial charge in [0.1, 0.15) is 0 Å². The number of rotatable bonds is 6. The fourth-order valence-corrected chi connectivity index (χ4v) is 1.57. The molecular weight excluding hydrogens is 255 g/mol. The summed E-state index contributed by atoms with van der Waals surface area (Å²) in [5.74, 6) is 2.50. The Labute approximate surface area is 110 Å². The summed E-state index contributed by atoms with van der Waals surface area (Å²) in [7, 11) is 0. The average Bonchev–Trinajstić information content (AvgIpc) is 2.37. The minimum absolute atomic E-state index is 0.288. The topological polar surface area (TPSA) is 32.3 Å². The van der Waals surface area contributed by atoms with Crippen molar-refractivity contribution in [1.29, 1.82) is 0 Å². The molecule has 0 spiro atoms. The largest absolute Gasteiger partial charge is 0.416 e. The first-order valence-electron chi connectivity index (χ1n) is 5.94. The molecule has 104 valence electrons. The fraction of sp³-hybridized carbons (Fsp3) is 0.429. The Balaban J connectivity index is 2.45. The van der Waals surface area contributed by atoms with E-state index in [1.165, 1.54) is 12.1 Å². The van der Waals surface area contributed by atoms with Gasteiger partial charge in [-0.3, -0.25) is 0 Å². The van der Waals surface area contributed by atoms with E-state index in [0.717, 1.165) is 18.6 Å². The molecule has 0 radical (unpaired) electrons. The molecule has 0 heterocycles. The first-order chi connectivity index (χ1) is 8.95. The number of hydrogen-bond acceptors (Lipinski definition) is 2. The van der Waals surface area contributed by atoms with Gasteiger partial charge in [0, 0.05) is 13.0 Å². The van der Waals surface area contributed by atoms with Gasteiger partial charge in [0.05, 0.1) is 11.7 Å². The number of terminal acetylenes is 1. The van der Waals surface area contributed by atoms with Crippen LogP contribution in [0.15, 0.2) is 24.3 Å². The summed E-state index contributed by atoms with van der Waals surface area (Å²) in [6.07, 6.45) is 1.37. The Morgan fingerprint density at radius 1 is 1.26 bits per heavy atom. The Hall–Kier alpha value is -1.51. The maximum atomic E-state index is 12.4. The number of nitrogens with one attached hydrogen (secondary N) is 1. The van der Waals surface area contributed by atoms with Crippen molar-refractivity contribution in [3.63, 3.8) is 0 Å². The van der Waals surface area contributed by atoms with E-state index in [9.17, 15) is 18.3 Å². The lowest BCUT2D eigenvalue weighted by molar-refractivity contribution is -0.137. The third-order valence-electron chi connectivity index (χ3n) is 2.64. The molecular formula is C14H16F3NO. The molecule has 0 aliphatic heterocycles. The second-order valence-electron chi connectivity index (χ2n) is 4.15. The normalized spacial score (nSPS) is 13.0. The van der Waals surface area contributed by atoms with Crippen LogP contribution in [0.1, 0.15) is 30.1 Å². The van der Waals surface area contributed by atoms with E-state index < -0.39 is 17.8 Å². The standard InChI is InChI=1S/C14H16F3NO/c1-2-3-4-9-18-10-13(19)11-5-7-12(8-6-11)14(15,16)17/h1,5-8,13,18-19H,3-4,9-10H2. The predicted molar refractivity (Wildman–Crippen MR) is 67.3 cm³/mol. The van der Waals surface area contributed by atoms with Crippen molar-refractivity contribution in [1.82, 2.24) is 5.32 Å². The lowest BCUT2D eigenvalue weighted by Gasteiger charge is -2.13. The van der Waals surface area contributed by atoms with Crippen molar-refractivity contribution in [2.45, 2.75) is 25.1 Å². The summed E-state index contributed by atoms with van der Waals surface area (Å²) < 4.78 is 37.1. The summed E-state index contributed by atoms with van der Waals surface area (Å²) in [6.45, 7) is 0.956. The van der Waals surface area contributed by atoms with Crippen LogP contribution >= 0.6 is 0 Å². The molecule has 19 heavy (non-hydrogen) atoms. The van der Waals surface area contributed by atoms with E-state index in [-0.39, 0.29) is 6.54 Å². The number of halogens is 3.